The fraction of sp³-hybridized carbons (Fsp3) is 0.417. The van der Waals surface area contributed by atoms with Gasteiger partial charge < -0.3 is 4.74 Å². The number of halogens is 1. The zero-order valence-corrected chi connectivity index (χ0v) is 9.96. The van der Waals surface area contributed by atoms with Gasteiger partial charge in [-0.25, -0.2) is 0 Å². The van der Waals surface area contributed by atoms with Gasteiger partial charge in [0.1, 0.15) is 0 Å². The van der Waals surface area contributed by atoms with Crippen molar-refractivity contribution in [2.45, 2.75) is 18.8 Å². The average molecular weight is 266 g/mol. The van der Waals surface area contributed by atoms with Crippen LogP contribution < -0.4 is 0 Å². The minimum Gasteiger partial charge on any atom is -0.381 e. The van der Waals surface area contributed by atoms with Crippen LogP contribution >= 0.6 is 15.9 Å². The monoisotopic (exact) mass is 265 g/mol. The molecule has 1 aromatic rings. The molecule has 1 saturated heterocycles. The van der Waals surface area contributed by atoms with Gasteiger partial charge in [-0.3, -0.25) is 0 Å². The first-order valence-electron chi connectivity index (χ1n) is 5.04. The molecule has 0 saturated carbocycles. The van der Waals surface area contributed by atoms with Gasteiger partial charge in [0.05, 0.1) is 19.1 Å². The molecule has 1 aliphatic rings. The lowest BCUT2D eigenvalue weighted by molar-refractivity contribution is 0.194. The van der Waals surface area contributed by atoms with E-state index in [4.69, 9.17) is 10.00 Å². The first kappa shape index (κ1) is 10.7. The Morgan fingerprint density at radius 1 is 1.53 bits per heavy atom. The molecular weight excluding hydrogens is 254 g/mol. The van der Waals surface area contributed by atoms with Gasteiger partial charge in [0.25, 0.3) is 0 Å². The van der Waals surface area contributed by atoms with Gasteiger partial charge in [0.2, 0.25) is 0 Å². The van der Waals surface area contributed by atoms with Gasteiger partial charge in [-0.15, -0.1) is 0 Å². The van der Waals surface area contributed by atoms with Crippen molar-refractivity contribution < 1.29 is 4.74 Å². The third-order valence-electron chi connectivity index (χ3n) is 2.72. The first-order valence-corrected chi connectivity index (χ1v) is 5.83. The lowest BCUT2D eigenvalue weighted by Crippen LogP contribution is -1.99. The second-order valence-corrected chi connectivity index (χ2v) is 4.61. The Labute approximate surface area is 98.0 Å². The van der Waals surface area contributed by atoms with Gasteiger partial charge in [-0.05, 0) is 23.6 Å². The third-order valence-corrected chi connectivity index (χ3v) is 3.40. The second kappa shape index (κ2) is 4.78. The van der Waals surface area contributed by atoms with Crippen LogP contribution in [0.4, 0.5) is 0 Å². The van der Waals surface area contributed by atoms with Crippen molar-refractivity contribution in [3.05, 3.63) is 33.8 Å². The molecule has 0 amide bonds. The number of rotatable bonds is 2. The summed E-state index contributed by atoms with van der Waals surface area (Å²) in [7, 11) is 0. The van der Waals surface area contributed by atoms with Crippen molar-refractivity contribution in [1.29, 1.82) is 5.26 Å². The Morgan fingerprint density at radius 2 is 2.40 bits per heavy atom. The average Bonchev–Trinajstić information content (AvgIpc) is 2.71. The standard InChI is InChI=1S/C12H12BrNO/c13-12-7-9(3-5-14)1-2-11(12)10-4-6-15-8-10/h1-2,7,10H,3-4,6,8H2. The maximum Gasteiger partial charge on any atom is 0.0669 e. The minimum absolute atomic E-state index is 0.472. The topological polar surface area (TPSA) is 33.0 Å². The first-order chi connectivity index (χ1) is 7.31. The Bertz CT molecular complexity index is 391. The van der Waals surface area contributed by atoms with Crippen molar-refractivity contribution in [2.75, 3.05) is 13.2 Å². The van der Waals surface area contributed by atoms with Crippen LogP contribution in [0.15, 0.2) is 22.7 Å². The number of nitrogens with zero attached hydrogens (tertiary/aromatic N) is 1. The van der Waals surface area contributed by atoms with Crippen LogP contribution in [-0.2, 0) is 11.2 Å². The Balaban J connectivity index is 2.22. The molecule has 15 heavy (non-hydrogen) atoms. The molecule has 78 valence electrons. The summed E-state index contributed by atoms with van der Waals surface area (Å²) in [4.78, 5) is 0. The summed E-state index contributed by atoms with van der Waals surface area (Å²) < 4.78 is 6.47. The SMILES string of the molecule is N#CCc1ccc(C2CCOC2)c(Br)c1. The molecule has 1 unspecified atom stereocenters. The van der Waals surface area contributed by atoms with Crippen molar-refractivity contribution in [3.8, 4) is 6.07 Å². The number of hydrogen-bond donors (Lipinski definition) is 0. The molecule has 0 aromatic heterocycles. The van der Waals surface area contributed by atoms with E-state index in [9.17, 15) is 0 Å². The highest BCUT2D eigenvalue weighted by Gasteiger charge is 2.19. The molecule has 0 aliphatic carbocycles. The summed E-state index contributed by atoms with van der Waals surface area (Å²) in [6.07, 6.45) is 1.57. The van der Waals surface area contributed by atoms with Gasteiger partial charge >= 0.3 is 0 Å². The Kier molecular flexibility index (Phi) is 3.40. The molecule has 1 aromatic carbocycles. The number of benzene rings is 1. The van der Waals surface area contributed by atoms with Crippen LogP contribution in [-0.4, -0.2) is 13.2 Å². The van der Waals surface area contributed by atoms with E-state index < -0.39 is 0 Å². The summed E-state index contributed by atoms with van der Waals surface area (Å²) in [5.74, 6) is 0.510. The molecule has 0 bridgehead atoms. The molecule has 1 aliphatic heterocycles. The third kappa shape index (κ3) is 2.39. The number of ether oxygens (including phenoxy) is 1. The molecule has 0 radical (unpaired) electrons. The van der Waals surface area contributed by atoms with Gasteiger partial charge in [0, 0.05) is 17.0 Å². The fourth-order valence-corrected chi connectivity index (χ4v) is 2.63. The van der Waals surface area contributed by atoms with E-state index in [1.54, 1.807) is 0 Å². The molecule has 2 nitrogen and oxygen atoms in total. The van der Waals surface area contributed by atoms with Crippen LogP contribution in [0.3, 0.4) is 0 Å². The van der Waals surface area contributed by atoms with Gasteiger partial charge in [-0.2, -0.15) is 5.26 Å². The van der Waals surface area contributed by atoms with E-state index in [2.05, 4.69) is 28.1 Å². The summed E-state index contributed by atoms with van der Waals surface area (Å²) in [5.41, 5.74) is 2.36. The number of hydrogen-bond acceptors (Lipinski definition) is 2. The lowest BCUT2D eigenvalue weighted by Gasteiger charge is -2.11. The van der Waals surface area contributed by atoms with Crippen molar-refractivity contribution in [3.63, 3.8) is 0 Å². The van der Waals surface area contributed by atoms with Crippen LogP contribution in [0.25, 0.3) is 0 Å². The normalized spacial score (nSPS) is 20.1. The van der Waals surface area contributed by atoms with Crippen molar-refractivity contribution >= 4 is 15.9 Å². The molecule has 2 rings (SSSR count). The lowest BCUT2D eigenvalue weighted by atomic mass is 9.97. The molecule has 1 atom stereocenters. The van der Waals surface area contributed by atoms with Crippen LogP contribution in [0, 0.1) is 11.3 Å². The zero-order valence-electron chi connectivity index (χ0n) is 8.37. The summed E-state index contributed by atoms with van der Waals surface area (Å²) in [6.45, 7) is 1.67. The molecule has 1 fully saturated rings. The minimum atomic E-state index is 0.472. The van der Waals surface area contributed by atoms with Gasteiger partial charge in [0.15, 0.2) is 0 Å². The highest BCUT2D eigenvalue weighted by atomic mass is 79.9. The van der Waals surface area contributed by atoms with E-state index >= 15 is 0 Å². The summed E-state index contributed by atoms with van der Waals surface area (Å²) >= 11 is 3.56. The molecule has 0 spiro atoms. The van der Waals surface area contributed by atoms with E-state index in [0.29, 0.717) is 12.3 Å². The largest absolute Gasteiger partial charge is 0.381 e. The second-order valence-electron chi connectivity index (χ2n) is 3.75. The predicted molar refractivity (Wildman–Crippen MR) is 61.6 cm³/mol. The maximum absolute atomic E-state index is 8.61. The van der Waals surface area contributed by atoms with E-state index in [1.807, 2.05) is 12.1 Å². The van der Waals surface area contributed by atoms with Crippen LogP contribution in [0.2, 0.25) is 0 Å². The number of nitriles is 1. The van der Waals surface area contributed by atoms with Crippen LogP contribution in [0.5, 0.6) is 0 Å². The molecule has 1 heterocycles. The van der Waals surface area contributed by atoms with E-state index in [-0.39, 0.29) is 0 Å². The van der Waals surface area contributed by atoms with Gasteiger partial charge in [-0.1, -0.05) is 28.1 Å². The quantitative estimate of drug-likeness (QED) is 0.824. The predicted octanol–water partition coefficient (Wildman–Crippen LogP) is 3.02. The van der Waals surface area contributed by atoms with E-state index in [1.165, 1.54) is 5.56 Å². The summed E-state index contributed by atoms with van der Waals surface area (Å²) in [5, 5.41) is 8.61. The molecular formula is C12H12BrNO. The Morgan fingerprint density at radius 3 is 3.00 bits per heavy atom. The highest BCUT2D eigenvalue weighted by Crippen LogP contribution is 2.31. The van der Waals surface area contributed by atoms with Crippen LogP contribution in [0.1, 0.15) is 23.5 Å². The van der Waals surface area contributed by atoms with Crippen molar-refractivity contribution in [2.24, 2.45) is 0 Å². The molecule has 0 N–H and O–H groups in total. The Hall–Kier alpha value is -0.850. The zero-order chi connectivity index (χ0) is 10.7. The van der Waals surface area contributed by atoms with Crippen molar-refractivity contribution in [1.82, 2.24) is 0 Å². The highest BCUT2D eigenvalue weighted by molar-refractivity contribution is 9.10. The fourth-order valence-electron chi connectivity index (χ4n) is 1.88. The smallest absolute Gasteiger partial charge is 0.0669 e. The molecule has 3 heteroatoms. The van der Waals surface area contributed by atoms with E-state index in [0.717, 1.165) is 29.7 Å². The summed E-state index contributed by atoms with van der Waals surface area (Å²) in [6, 6.07) is 8.33. The maximum atomic E-state index is 8.61.